The Bertz CT molecular complexity index is 385. The van der Waals surface area contributed by atoms with Crippen LogP contribution in [0.15, 0.2) is 12.3 Å². The Hall–Kier alpha value is -0.870. The minimum atomic E-state index is 0.449. The minimum Gasteiger partial charge on any atom is -0.311 e. The molecule has 2 rings (SSSR count). The van der Waals surface area contributed by atoms with Crippen LogP contribution in [0.25, 0.3) is 0 Å². The van der Waals surface area contributed by atoms with Crippen molar-refractivity contribution in [2.24, 2.45) is 5.92 Å². The first-order valence-corrected chi connectivity index (χ1v) is 7.60. The zero-order valence-electron chi connectivity index (χ0n) is 12.8. The molecule has 19 heavy (non-hydrogen) atoms. The van der Waals surface area contributed by atoms with E-state index in [9.17, 15) is 0 Å². The largest absolute Gasteiger partial charge is 0.311 e. The number of hydrogen-bond donors (Lipinski definition) is 1. The van der Waals surface area contributed by atoms with Gasteiger partial charge in [-0.2, -0.15) is 5.10 Å². The molecule has 4 nitrogen and oxygen atoms in total. The van der Waals surface area contributed by atoms with Crippen molar-refractivity contribution in [3.63, 3.8) is 0 Å². The summed E-state index contributed by atoms with van der Waals surface area (Å²) in [6.45, 7) is 13.3. The summed E-state index contributed by atoms with van der Waals surface area (Å²) in [5, 5.41) is 8.29. The Morgan fingerprint density at radius 1 is 1.42 bits per heavy atom. The van der Waals surface area contributed by atoms with E-state index in [4.69, 9.17) is 0 Å². The molecule has 1 saturated heterocycles. The summed E-state index contributed by atoms with van der Waals surface area (Å²) in [5.74, 6) is 0.746. The Kier molecular flexibility index (Phi) is 4.99. The Balaban J connectivity index is 1.91. The maximum absolute atomic E-state index is 4.65. The number of nitrogens with one attached hydrogen (secondary N) is 1. The molecular weight excluding hydrogens is 236 g/mol. The third kappa shape index (κ3) is 3.80. The SMILES string of the molecule is CCC(C)C1CN(Cc2ccn(C(C)C)n2)CCN1. The number of rotatable bonds is 5. The van der Waals surface area contributed by atoms with Crippen LogP contribution in [0.5, 0.6) is 0 Å². The van der Waals surface area contributed by atoms with Gasteiger partial charge < -0.3 is 5.32 Å². The molecule has 2 unspecified atom stereocenters. The van der Waals surface area contributed by atoms with Crippen molar-refractivity contribution in [2.75, 3.05) is 19.6 Å². The van der Waals surface area contributed by atoms with Crippen LogP contribution in [0, 0.1) is 5.92 Å². The summed E-state index contributed by atoms with van der Waals surface area (Å²) in [6.07, 6.45) is 3.34. The molecule has 0 aliphatic carbocycles. The molecular formula is C15H28N4. The molecule has 4 heteroatoms. The first-order valence-electron chi connectivity index (χ1n) is 7.60. The van der Waals surface area contributed by atoms with Crippen LogP contribution >= 0.6 is 0 Å². The van der Waals surface area contributed by atoms with Gasteiger partial charge in [-0.15, -0.1) is 0 Å². The third-order valence-electron chi connectivity index (χ3n) is 4.20. The highest BCUT2D eigenvalue weighted by Crippen LogP contribution is 2.14. The molecule has 0 aromatic carbocycles. The van der Waals surface area contributed by atoms with Crippen molar-refractivity contribution in [1.82, 2.24) is 20.0 Å². The first-order chi connectivity index (χ1) is 9.10. The van der Waals surface area contributed by atoms with Gasteiger partial charge >= 0.3 is 0 Å². The number of nitrogens with zero attached hydrogens (tertiary/aromatic N) is 3. The lowest BCUT2D eigenvalue weighted by molar-refractivity contribution is 0.160. The summed E-state index contributed by atoms with van der Waals surface area (Å²) in [5.41, 5.74) is 1.19. The number of hydrogen-bond acceptors (Lipinski definition) is 3. The minimum absolute atomic E-state index is 0.449. The van der Waals surface area contributed by atoms with Gasteiger partial charge in [-0.05, 0) is 25.8 Å². The molecule has 1 aromatic rings. The second-order valence-electron chi connectivity index (χ2n) is 6.06. The third-order valence-corrected chi connectivity index (χ3v) is 4.20. The molecule has 1 aromatic heterocycles. The van der Waals surface area contributed by atoms with Crippen molar-refractivity contribution in [3.8, 4) is 0 Å². The first kappa shape index (κ1) is 14.5. The summed E-state index contributed by atoms with van der Waals surface area (Å²) in [7, 11) is 0. The zero-order valence-corrected chi connectivity index (χ0v) is 12.8. The molecule has 2 heterocycles. The van der Waals surface area contributed by atoms with Gasteiger partial charge in [-0.25, -0.2) is 0 Å². The number of piperazine rings is 1. The summed E-state index contributed by atoms with van der Waals surface area (Å²) in [6, 6.07) is 3.23. The van der Waals surface area contributed by atoms with Gasteiger partial charge in [0.25, 0.3) is 0 Å². The highest BCUT2D eigenvalue weighted by molar-refractivity contribution is 5.00. The standard InChI is InChI=1S/C15H28N4/c1-5-13(4)15-11-18(9-7-16-15)10-14-6-8-19(17-14)12(2)3/h6,8,12-13,15-16H,5,7,9-11H2,1-4H3. The van der Waals surface area contributed by atoms with Crippen molar-refractivity contribution in [2.45, 2.75) is 52.7 Å². The van der Waals surface area contributed by atoms with Crippen LogP contribution in [-0.2, 0) is 6.54 Å². The Morgan fingerprint density at radius 3 is 2.84 bits per heavy atom. The fourth-order valence-corrected chi connectivity index (χ4v) is 2.63. The van der Waals surface area contributed by atoms with E-state index in [1.807, 2.05) is 4.68 Å². The van der Waals surface area contributed by atoms with Gasteiger partial charge in [0, 0.05) is 44.5 Å². The van der Waals surface area contributed by atoms with Crippen LogP contribution in [0.4, 0.5) is 0 Å². The molecule has 108 valence electrons. The zero-order chi connectivity index (χ0) is 13.8. The molecule has 1 fully saturated rings. The van der Waals surface area contributed by atoms with Crippen LogP contribution in [0.1, 0.15) is 45.9 Å². The molecule has 0 saturated carbocycles. The van der Waals surface area contributed by atoms with Crippen LogP contribution in [0.3, 0.4) is 0 Å². The van der Waals surface area contributed by atoms with Gasteiger partial charge in [0.15, 0.2) is 0 Å². The molecule has 2 atom stereocenters. The second kappa shape index (κ2) is 6.53. The van der Waals surface area contributed by atoms with Crippen molar-refractivity contribution >= 4 is 0 Å². The Morgan fingerprint density at radius 2 is 2.21 bits per heavy atom. The highest BCUT2D eigenvalue weighted by Gasteiger charge is 2.23. The molecule has 1 aliphatic rings. The molecule has 0 spiro atoms. The fourth-order valence-electron chi connectivity index (χ4n) is 2.63. The molecule has 1 aliphatic heterocycles. The van der Waals surface area contributed by atoms with E-state index in [1.54, 1.807) is 0 Å². The van der Waals surface area contributed by atoms with Gasteiger partial charge in [-0.3, -0.25) is 9.58 Å². The summed E-state index contributed by atoms with van der Waals surface area (Å²) in [4.78, 5) is 2.53. The van der Waals surface area contributed by atoms with Crippen molar-refractivity contribution < 1.29 is 0 Å². The lowest BCUT2D eigenvalue weighted by Crippen LogP contribution is -2.52. The smallest absolute Gasteiger partial charge is 0.0764 e. The van der Waals surface area contributed by atoms with E-state index in [0.29, 0.717) is 12.1 Å². The van der Waals surface area contributed by atoms with E-state index in [0.717, 1.165) is 32.1 Å². The average Bonchev–Trinajstić information content (AvgIpc) is 2.87. The van der Waals surface area contributed by atoms with Gasteiger partial charge in [0.2, 0.25) is 0 Å². The number of aromatic nitrogens is 2. The molecule has 1 N–H and O–H groups in total. The monoisotopic (exact) mass is 264 g/mol. The van der Waals surface area contributed by atoms with Gasteiger partial charge in [0.1, 0.15) is 0 Å². The summed E-state index contributed by atoms with van der Waals surface area (Å²) < 4.78 is 2.05. The van der Waals surface area contributed by atoms with Crippen LogP contribution < -0.4 is 5.32 Å². The maximum atomic E-state index is 4.65. The van der Waals surface area contributed by atoms with E-state index in [1.165, 1.54) is 12.1 Å². The van der Waals surface area contributed by atoms with Gasteiger partial charge in [-0.1, -0.05) is 20.3 Å². The Labute approximate surface area is 117 Å². The van der Waals surface area contributed by atoms with E-state index in [-0.39, 0.29) is 0 Å². The quantitative estimate of drug-likeness (QED) is 0.886. The second-order valence-corrected chi connectivity index (χ2v) is 6.06. The predicted octanol–water partition coefficient (Wildman–Crippen LogP) is 2.28. The van der Waals surface area contributed by atoms with E-state index in [2.05, 4.69) is 55.3 Å². The van der Waals surface area contributed by atoms with Crippen LogP contribution in [0.2, 0.25) is 0 Å². The van der Waals surface area contributed by atoms with Crippen molar-refractivity contribution in [3.05, 3.63) is 18.0 Å². The summed E-state index contributed by atoms with van der Waals surface area (Å²) >= 11 is 0. The van der Waals surface area contributed by atoms with E-state index >= 15 is 0 Å². The molecule has 0 amide bonds. The van der Waals surface area contributed by atoms with Crippen LogP contribution in [-0.4, -0.2) is 40.4 Å². The average molecular weight is 264 g/mol. The fraction of sp³-hybridized carbons (Fsp3) is 0.800. The highest BCUT2D eigenvalue weighted by atomic mass is 15.3. The lowest BCUT2D eigenvalue weighted by atomic mass is 9.97. The lowest BCUT2D eigenvalue weighted by Gasteiger charge is -2.36. The maximum Gasteiger partial charge on any atom is 0.0764 e. The predicted molar refractivity (Wildman–Crippen MR) is 79.1 cm³/mol. The molecule has 0 radical (unpaired) electrons. The van der Waals surface area contributed by atoms with Gasteiger partial charge in [0.05, 0.1) is 5.69 Å². The van der Waals surface area contributed by atoms with Crippen molar-refractivity contribution in [1.29, 1.82) is 0 Å². The molecule has 0 bridgehead atoms. The normalized spacial score (nSPS) is 22.9. The topological polar surface area (TPSA) is 33.1 Å². The van der Waals surface area contributed by atoms with E-state index < -0.39 is 0 Å².